The smallest absolute Gasteiger partial charge is 0.234 e. The average molecular weight is 454 g/mol. The first-order valence-electron chi connectivity index (χ1n) is 10.6. The summed E-state index contributed by atoms with van der Waals surface area (Å²) in [4.78, 5) is 15.0. The molecule has 0 aliphatic carbocycles. The molecule has 1 aliphatic heterocycles. The number of nitrogens with one attached hydrogen (secondary N) is 1. The third-order valence-electron chi connectivity index (χ3n) is 5.28. The summed E-state index contributed by atoms with van der Waals surface area (Å²) >= 11 is 1.36. The number of hydrogen-bond donors (Lipinski definition) is 1. The van der Waals surface area contributed by atoms with Crippen LogP contribution in [0.4, 0.5) is 11.6 Å². The quantitative estimate of drug-likeness (QED) is 0.516. The molecule has 0 bridgehead atoms. The summed E-state index contributed by atoms with van der Waals surface area (Å²) in [5, 5.41) is 12.5. The van der Waals surface area contributed by atoms with E-state index >= 15 is 0 Å². The number of aromatic nitrogens is 3. The van der Waals surface area contributed by atoms with E-state index in [2.05, 4.69) is 20.4 Å². The Morgan fingerprint density at radius 2 is 1.81 bits per heavy atom. The van der Waals surface area contributed by atoms with Crippen molar-refractivity contribution in [2.45, 2.75) is 24.4 Å². The number of para-hydroxylation sites is 1. The lowest BCUT2D eigenvalue weighted by molar-refractivity contribution is -0.113. The molecular weight excluding hydrogens is 426 g/mol. The highest BCUT2D eigenvalue weighted by molar-refractivity contribution is 7.99. The zero-order valence-corrected chi connectivity index (χ0v) is 19.1. The fraction of sp³-hybridized carbons (Fsp3) is 0.348. The largest absolute Gasteiger partial charge is 0.497 e. The molecule has 168 valence electrons. The summed E-state index contributed by atoms with van der Waals surface area (Å²) in [6.45, 7) is 1.93. The maximum absolute atomic E-state index is 12.7. The van der Waals surface area contributed by atoms with Gasteiger partial charge in [-0.15, -0.1) is 10.2 Å². The van der Waals surface area contributed by atoms with Crippen LogP contribution in [-0.4, -0.2) is 53.7 Å². The molecule has 0 radical (unpaired) electrons. The minimum atomic E-state index is -0.163. The summed E-state index contributed by atoms with van der Waals surface area (Å²) < 4.78 is 12.6. The third-order valence-corrected chi connectivity index (χ3v) is 6.21. The van der Waals surface area contributed by atoms with Crippen molar-refractivity contribution in [1.29, 1.82) is 0 Å². The number of rotatable bonds is 8. The van der Waals surface area contributed by atoms with Gasteiger partial charge in [0.2, 0.25) is 11.9 Å². The molecule has 2 heterocycles. The highest BCUT2D eigenvalue weighted by Crippen LogP contribution is 2.31. The Kier molecular flexibility index (Phi) is 7.16. The number of hydrogen-bond acceptors (Lipinski definition) is 7. The summed E-state index contributed by atoms with van der Waals surface area (Å²) in [6.07, 6.45) is 3.54. The van der Waals surface area contributed by atoms with Gasteiger partial charge in [-0.05, 0) is 43.5 Å². The van der Waals surface area contributed by atoms with Gasteiger partial charge in [0.15, 0.2) is 5.16 Å². The molecule has 3 aromatic rings. The van der Waals surface area contributed by atoms with E-state index in [1.54, 1.807) is 32.4 Å². The minimum absolute atomic E-state index is 0.163. The molecule has 0 spiro atoms. The van der Waals surface area contributed by atoms with Gasteiger partial charge in [0.1, 0.15) is 11.5 Å². The van der Waals surface area contributed by atoms with Crippen LogP contribution in [0, 0.1) is 0 Å². The molecule has 9 heteroatoms. The van der Waals surface area contributed by atoms with E-state index in [0.29, 0.717) is 22.3 Å². The third kappa shape index (κ3) is 4.99. The topological polar surface area (TPSA) is 81.5 Å². The number of carbonyl (C=O) groups excluding carboxylic acids is 1. The van der Waals surface area contributed by atoms with Crippen LogP contribution >= 0.6 is 11.8 Å². The van der Waals surface area contributed by atoms with Gasteiger partial charge in [-0.3, -0.25) is 9.36 Å². The Hall–Kier alpha value is -3.20. The van der Waals surface area contributed by atoms with Crippen LogP contribution < -0.4 is 19.7 Å². The molecule has 1 saturated heterocycles. The summed E-state index contributed by atoms with van der Waals surface area (Å²) in [6, 6.07) is 15.3. The Balaban J connectivity index is 1.52. The van der Waals surface area contributed by atoms with E-state index in [1.165, 1.54) is 18.2 Å². The van der Waals surface area contributed by atoms with E-state index < -0.39 is 0 Å². The minimum Gasteiger partial charge on any atom is -0.497 e. The normalized spacial score (nSPS) is 13.6. The van der Waals surface area contributed by atoms with Crippen molar-refractivity contribution in [3.8, 4) is 17.2 Å². The highest BCUT2D eigenvalue weighted by atomic mass is 32.2. The lowest BCUT2D eigenvalue weighted by Gasteiger charge is -2.27. The van der Waals surface area contributed by atoms with Gasteiger partial charge in [0.25, 0.3) is 0 Å². The number of amides is 1. The monoisotopic (exact) mass is 453 g/mol. The van der Waals surface area contributed by atoms with Crippen molar-refractivity contribution in [2.75, 3.05) is 43.3 Å². The van der Waals surface area contributed by atoms with E-state index in [1.807, 2.05) is 34.9 Å². The molecule has 1 fully saturated rings. The maximum Gasteiger partial charge on any atom is 0.234 e. The van der Waals surface area contributed by atoms with Crippen LogP contribution in [0.2, 0.25) is 0 Å². The van der Waals surface area contributed by atoms with E-state index in [0.717, 1.165) is 37.6 Å². The Morgan fingerprint density at radius 1 is 1.03 bits per heavy atom. The summed E-state index contributed by atoms with van der Waals surface area (Å²) in [5.74, 6) is 2.07. The fourth-order valence-corrected chi connectivity index (χ4v) is 4.43. The van der Waals surface area contributed by atoms with Gasteiger partial charge in [0, 0.05) is 19.2 Å². The first-order valence-corrected chi connectivity index (χ1v) is 11.6. The van der Waals surface area contributed by atoms with Crippen LogP contribution in [0.25, 0.3) is 5.69 Å². The molecule has 0 unspecified atom stereocenters. The molecule has 4 rings (SSSR count). The van der Waals surface area contributed by atoms with Crippen molar-refractivity contribution in [3.05, 3.63) is 48.5 Å². The lowest BCUT2D eigenvalue weighted by Crippen LogP contribution is -2.31. The number of ether oxygens (including phenoxy) is 2. The van der Waals surface area contributed by atoms with E-state index in [-0.39, 0.29) is 11.7 Å². The molecule has 0 saturated carbocycles. The summed E-state index contributed by atoms with van der Waals surface area (Å²) in [5.41, 5.74) is 1.55. The molecular formula is C23H27N5O3S. The van der Waals surface area contributed by atoms with E-state index in [4.69, 9.17) is 9.47 Å². The van der Waals surface area contributed by atoms with Gasteiger partial charge in [-0.25, -0.2) is 0 Å². The molecule has 8 nitrogen and oxygen atoms in total. The predicted molar refractivity (Wildman–Crippen MR) is 126 cm³/mol. The highest BCUT2D eigenvalue weighted by Gasteiger charge is 2.22. The SMILES string of the molecule is COc1ccc(OC)c(NC(=O)CSc2nnc(N3CCCCC3)n2-c2ccccc2)c1. The van der Waals surface area contributed by atoms with Crippen LogP contribution in [-0.2, 0) is 4.79 Å². The van der Waals surface area contributed by atoms with Crippen molar-refractivity contribution in [2.24, 2.45) is 0 Å². The number of benzene rings is 2. The zero-order valence-electron chi connectivity index (χ0n) is 18.3. The number of methoxy groups -OCH3 is 2. The zero-order chi connectivity index (χ0) is 22.3. The van der Waals surface area contributed by atoms with Crippen LogP contribution in [0.1, 0.15) is 19.3 Å². The van der Waals surface area contributed by atoms with Crippen molar-refractivity contribution >= 4 is 29.3 Å². The molecule has 1 N–H and O–H groups in total. The second-order valence-electron chi connectivity index (χ2n) is 7.40. The first-order chi connectivity index (χ1) is 15.7. The predicted octanol–water partition coefficient (Wildman–Crippen LogP) is 4.01. The second kappa shape index (κ2) is 10.4. The van der Waals surface area contributed by atoms with Crippen LogP contribution in [0.15, 0.2) is 53.7 Å². The van der Waals surface area contributed by atoms with Crippen molar-refractivity contribution in [3.63, 3.8) is 0 Å². The number of anilines is 2. The van der Waals surface area contributed by atoms with Gasteiger partial charge >= 0.3 is 0 Å². The van der Waals surface area contributed by atoms with Crippen LogP contribution in [0.5, 0.6) is 11.5 Å². The maximum atomic E-state index is 12.7. The molecule has 1 aliphatic rings. The first kappa shape index (κ1) is 22.0. The van der Waals surface area contributed by atoms with Gasteiger partial charge in [0.05, 0.1) is 31.3 Å². The van der Waals surface area contributed by atoms with Crippen LogP contribution in [0.3, 0.4) is 0 Å². The molecule has 1 aromatic heterocycles. The van der Waals surface area contributed by atoms with Gasteiger partial charge in [-0.2, -0.15) is 0 Å². The van der Waals surface area contributed by atoms with E-state index in [9.17, 15) is 4.79 Å². The number of thioether (sulfide) groups is 1. The Labute approximate surface area is 191 Å². The number of piperidine rings is 1. The number of carbonyl (C=O) groups is 1. The Morgan fingerprint density at radius 3 is 2.53 bits per heavy atom. The standard InChI is InChI=1S/C23H27N5O3S/c1-30-18-11-12-20(31-2)19(15-18)24-21(29)16-32-23-26-25-22(27-13-7-4-8-14-27)28(23)17-9-5-3-6-10-17/h3,5-6,9-12,15H,4,7-8,13-14,16H2,1-2H3,(H,24,29). The fourth-order valence-electron chi connectivity index (χ4n) is 3.69. The number of nitrogens with zero attached hydrogens (tertiary/aromatic N) is 4. The molecule has 1 amide bonds. The van der Waals surface area contributed by atoms with Gasteiger partial charge in [-0.1, -0.05) is 30.0 Å². The molecule has 32 heavy (non-hydrogen) atoms. The second-order valence-corrected chi connectivity index (χ2v) is 8.35. The van der Waals surface area contributed by atoms with Crippen molar-refractivity contribution in [1.82, 2.24) is 14.8 Å². The molecule has 2 aromatic carbocycles. The lowest BCUT2D eigenvalue weighted by atomic mass is 10.1. The van der Waals surface area contributed by atoms with Crippen molar-refractivity contribution < 1.29 is 14.3 Å². The van der Waals surface area contributed by atoms with Gasteiger partial charge < -0.3 is 19.7 Å². The summed E-state index contributed by atoms with van der Waals surface area (Å²) in [7, 11) is 3.15. The Bertz CT molecular complexity index is 1050. The average Bonchev–Trinajstić information content (AvgIpc) is 3.28. The molecule has 0 atom stereocenters.